The van der Waals surface area contributed by atoms with Gasteiger partial charge in [0.15, 0.2) is 0 Å². The first-order valence-electron chi connectivity index (χ1n) is 6.28. The molecule has 1 saturated carbocycles. The Hall–Kier alpha value is -1.06. The molecule has 2 unspecified atom stereocenters. The summed E-state index contributed by atoms with van der Waals surface area (Å²) >= 11 is 0. The van der Waals surface area contributed by atoms with Gasteiger partial charge in [-0.3, -0.25) is 0 Å². The lowest BCUT2D eigenvalue weighted by atomic mass is 9.93. The highest BCUT2D eigenvalue weighted by atomic mass is 16.5. The minimum atomic E-state index is 0.309. The van der Waals surface area contributed by atoms with Crippen LogP contribution in [0.15, 0.2) is 24.3 Å². The summed E-state index contributed by atoms with van der Waals surface area (Å²) in [5.74, 6) is 0.896. The van der Waals surface area contributed by atoms with Crippen LogP contribution in [-0.4, -0.2) is 19.3 Å². The monoisotopic (exact) mass is 235 g/mol. The van der Waals surface area contributed by atoms with E-state index in [0.717, 1.165) is 30.6 Å². The standard InChI is InChI=1S/C14H21NO2/c1-16-14-8-3-2-5-11(14)10-17-13-7-4-6-12(15)9-13/h2-3,5,8,12-13H,4,6-7,9-10,15H2,1H3. The summed E-state index contributed by atoms with van der Waals surface area (Å²) in [6.45, 7) is 0.612. The van der Waals surface area contributed by atoms with E-state index in [1.54, 1.807) is 7.11 Å². The molecule has 94 valence electrons. The summed E-state index contributed by atoms with van der Waals surface area (Å²) in [5.41, 5.74) is 7.05. The summed E-state index contributed by atoms with van der Waals surface area (Å²) in [4.78, 5) is 0. The van der Waals surface area contributed by atoms with Crippen molar-refractivity contribution in [2.45, 2.75) is 44.4 Å². The number of ether oxygens (including phenoxy) is 2. The second-order valence-corrected chi connectivity index (χ2v) is 4.67. The first kappa shape index (κ1) is 12.4. The molecule has 3 heteroatoms. The Morgan fingerprint density at radius 1 is 1.29 bits per heavy atom. The summed E-state index contributed by atoms with van der Waals surface area (Å²) < 4.78 is 11.2. The minimum absolute atomic E-state index is 0.309. The number of benzene rings is 1. The number of hydrogen-bond donors (Lipinski definition) is 1. The van der Waals surface area contributed by atoms with Gasteiger partial charge in [-0.15, -0.1) is 0 Å². The molecule has 0 aliphatic heterocycles. The summed E-state index contributed by atoms with van der Waals surface area (Å²) in [5, 5.41) is 0. The van der Waals surface area contributed by atoms with E-state index in [1.807, 2.05) is 24.3 Å². The van der Waals surface area contributed by atoms with E-state index in [9.17, 15) is 0 Å². The predicted molar refractivity (Wildman–Crippen MR) is 68.0 cm³/mol. The molecule has 1 fully saturated rings. The second kappa shape index (κ2) is 6.03. The van der Waals surface area contributed by atoms with Crippen LogP contribution in [-0.2, 0) is 11.3 Å². The van der Waals surface area contributed by atoms with E-state index in [0.29, 0.717) is 18.8 Å². The van der Waals surface area contributed by atoms with Gasteiger partial charge in [0.25, 0.3) is 0 Å². The van der Waals surface area contributed by atoms with Crippen molar-refractivity contribution in [1.29, 1.82) is 0 Å². The van der Waals surface area contributed by atoms with E-state index < -0.39 is 0 Å². The normalized spacial score (nSPS) is 24.6. The summed E-state index contributed by atoms with van der Waals surface area (Å²) in [7, 11) is 1.69. The first-order chi connectivity index (χ1) is 8.29. The molecule has 0 heterocycles. The van der Waals surface area contributed by atoms with Gasteiger partial charge in [0.2, 0.25) is 0 Å². The SMILES string of the molecule is COc1ccccc1COC1CCCC(N)C1. The number of hydrogen-bond acceptors (Lipinski definition) is 3. The Balaban J connectivity index is 1.88. The molecule has 1 aromatic carbocycles. The average Bonchev–Trinajstić information content (AvgIpc) is 2.37. The molecule has 0 bridgehead atoms. The van der Waals surface area contributed by atoms with Gasteiger partial charge >= 0.3 is 0 Å². The van der Waals surface area contributed by atoms with Crippen LogP contribution in [0.1, 0.15) is 31.2 Å². The molecule has 2 N–H and O–H groups in total. The maximum atomic E-state index is 5.95. The lowest BCUT2D eigenvalue weighted by Gasteiger charge is -2.26. The molecular weight excluding hydrogens is 214 g/mol. The van der Waals surface area contributed by atoms with Gasteiger partial charge in [0, 0.05) is 11.6 Å². The molecule has 0 amide bonds. The highest BCUT2D eigenvalue weighted by Crippen LogP contribution is 2.23. The van der Waals surface area contributed by atoms with E-state index in [1.165, 1.54) is 6.42 Å². The lowest BCUT2D eigenvalue weighted by molar-refractivity contribution is 0.0115. The third kappa shape index (κ3) is 3.45. The second-order valence-electron chi connectivity index (χ2n) is 4.67. The van der Waals surface area contributed by atoms with Crippen molar-refractivity contribution in [2.75, 3.05) is 7.11 Å². The highest BCUT2D eigenvalue weighted by molar-refractivity contribution is 5.32. The van der Waals surface area contributed by atoms with Gasteiger partial charge in [-0.2, -0.15) is 0 Å². The zero-order valence-electron chi connectivity index (χ0n) is 10.4. The topological polar surface area (TPSA) is 44.5 Å². The maximum Gasteiger partial charge on any atom is 0.124 e. The molecular formula is C14H21NO2. The van der Waals surface area contributed by atoms with Crippen molar-refractivity contribution in [3.63, 3.8) is 0 Å². The molecule has 2 rings (SSSR count). The maximum absolute atomic E-state index is 5.95. The largest absolute Gasteiger partial charge is 0.496 e. The van der Waals surface area contributed by atoms with Gasteiger partial charge in [-0.25, -0.2) is 0 Å². The van der Waals surface area contributed by atoms with Crippen molar-refractivity contribution in [2.24, 2.45) is 5.73 Å². The van der Waals surface area contributed by atoms with Gasteiger partial charge in [0.05, 0.1) is 19.8 Å². The molecule has 0 saturated heterocycles. The van der Waals surface area contributed by atoms with Crippen molar-refractivity contribution >= 4 is 0 Å². The smallest absolute Gasteiger partial charge is 0.124 e. The van der Waals surface area contributed by atoms with Gasteiger partial charge < -0.3 is 15.2 Å². The van der Waals surface area contributed by atoms with E-state index in [2.05, 4.69) is 0 Å². The van der Waals surface area contributed by atoms with E-state index >= 15 is 0 Å². The Kier molecular flexibility index (Phi) is 4.40. The van der Waals surface area contributed by atoms with Crippen molar-refractivity contribution in [1.82, 2.24) is 0 Å². The van der Waals surface area contributed by atoms with Crippen LogP contribution in [0, 0.1) is 0 Å². The summed E-state index contributed by atoms with van der Waals surface area (Å²) in [6, 6.07) is 8.30. The van der Waals surface area contributed by atoms with Gasteiger partial charge in [-0.1, -0.05) is 18.2 Å². The van der Waals surface area contributed by atoms with Crippen LogP contribution in [0.3, 0.4) is 0 Å². The Labute approximate surface area is 103 Å². The minimum Gasteiger partial charge on any atom is -0.496 e. The van der Waals surface area contributed by atoms with Crippen LogP contribution in [0.5, 0.6) is 5.75 Å². The molecule has 1 aliphatic rings. The molecule has 0 aromatic heterocycles. The van der Waals surface area contributed by atoms with Crippen LogP contribution in [0.2, 0.25) is 0 Å². The van der Waals surface area contributed by atoms with Crippen molar-refractivity contribution in [3.8, 4) is 5.75 Å². The third-order valence-electron chi connectivity index (χ3n) is 3.33. The molecule has 0 radical (unpaired) electrons. The van der Waals surface area contributed by atoms with Crippen molar-refractivity contribution < 1.29 is 9.47 Å². The fourth-order valence-electron chi connectivity index (χ4n) is 2.36. The number of rotatable bonds is 4. The van der Waals surface area contributed by atoms with Gasteiger partial charge in [-0.05, 0) is 31.7 Å². The quantitative estimate of drug-likeness (QED) is 0.872. The molecule has 2 atom stereocenters. The Morgan fingerprint density at radius 3 is 2.88 bits per heavy atom. The number of para-hydroxylation sites is 1. The van der Waals surface area contributed by atoms with Crippen molar-refractivity contribution in [3.05, 3.63) is 29.8 Å². The fourth-order valence-corrected chi connectivity index (χ4v) is 2.36. The van der Waals surface area contributed by atoms with Crippen LogP contribution in [0.25, 0.3) is 0 Å². The lowest BCUT2D eigenvalue weighted by Crippen LogP contribution is -2.32. The number of methoxy groups -OCH3 is 1. The van der Waals surface area contributed by atoms with Gasteiger partial charge in [0.1, 0.15) is 5.75 Å². The zero-order chi connectivity index (χ0) is 12.1. The molecule has 1 aromatic rings. The molecule has 3 nitrogen and oxygen atoms in total. The van der Waals surface area contributed by atoms with E-state index in [4.69, 9.17) is 15.2 Å². The van der Waals surface area contributed by atoms with Crippen LogP contribution < -0.4 is 10.5 Å². The first-order valence-corrected chi connectivity index (χ1v) is 6.28. The van der Waals surface area contributed by atoms with Crippen LogP contribution in [0.4, 0.5) is 0 Å². The third-order valence-corrected chi connectivity index (χ3v) is 3.33. The zero-order valence-corrected chi connectivity index (χ0v) is 10.4. The predicted octanol–water partition coefficient (Wildman–Crippen LogP) is 2.48. The molecule has 17 heavy (non-hydrogen) atoms. The average molecular weight is 235 g/mol. The number of nitrogens with two attached hydrogens (primary N) is 1. The van der Waals surface area contributed by atoms with Crippen LogP contribution >= 0.6 is 0 Å². The Morgan fingerprint density at radius 2 is 2.12 bits per heavy atom. The highest BCUT2D eigenvalue weighted by Gasteiger charge is 2.19. The fraction of sp³-hybridized carbons (Fsp3) is 0.571. The molecule has 1 aliphatic carbocycles. The van der Waals surface area contributed by atoms with E-state index in [-0.39, 0.29) is 0 Å². The summed E-state index contributed by atoms with van der Waals surface area (Å²) in [6.07, 6.45) is 4.73. The Bertz CT molecular complexity index is 354. The molecule has 0 spiro atoms.